The molecule has 7 heteroatoms. The molecule has 2 N–H and O–H groups in total. The predicted octanol–water partition coefficient (Wildman–Crippen LogP) is 1.59. The predicted molar refractivity (Wildman–Crippen MR) is 118 cm³/mol. The Hall–Kier alpha value is -2.77. The van der Waals surface area contributed by atoms with Crippen LogP contribution in [0.1, 0.15) is 12.8 Å². The molecule has 6 rings (SSSR count). The van der Waals surface area contributed by atoms with Crippen LogP contribution < -0.4 is 14.9 Å². The number of hydrogen-bond donors (Lipinski definition) is 2. The third-order valence-electron chi connectivity index (χ3n) is 6.27. The second kappa shape index (κ2) is 9.58. The van der Waals surface area contributed by atoms with Crippen molar-refractivity contribution in [2.45, 2.75) is 22.6 Å². The summed E-state index contributed by atoms with van der Waals surface area (Å²) in [5.74, 6) is -1.01. The molecule has 0 saturated carbocycles. The molecule has 1 atom stereocenters. The molecule has 162 valence electrons. The number of piperidine rings is 3. The lowest BCUT2D eigenvalue weighted by molar-refractivity contribution is -0.920. The molecule has 0 aromatic heterocycles. The average Bonchev–Trinajstić information content (AvgIpc) is 2.79. The molecule has 2 aromatic carbocycles. The van der Waals surface area contributed by atoms with Crippen molar-refractivity contribution in [2.75, 3.05) is 31.1 Å². The summed E-state index contributed by atoms with van der Waals surface area (Å²) in [6, 6.07) is 17.8. The van der Waals surface area contributed by atoms with E-state index in [1.165, 1.54) is 60.2 Å². The first-order valence-corrected chi connectivity index (χ1v) is 11.4. The molecule has 2 bridgehead atoms. The molecule has 31 heavy (non-hydrogen) atoms. The number of para-hydroxylation sites is 2. The number of benzene rings is 2. The van der Waals surface area contributed by atoms with Crippen LogP contribution in [-0.4, -0.2) is 43.2 Å². The zero-order chi connectivity index (χ0) is 21.8. The number of quaternary nitrogens is 1. The van der Waals surface area contributed by atoms with Crippen molar-refractivity contribution in [2.24, 2.45) is 11.8 Å². The molecular formula is C24H26N2O4S. The van der Waals surface area contributed by atoms with Crippen molar-refractivity contribution in [1.29, 1.82) is 0 Å². The van der Waals surface area contributed by atoms with Crippen molar-refractivity contribution in [3.05, 3.63) is 60.7 Å². The van der Waals surface area contributed by atoms with Crippen LogP contribution in [0.15, 0.2) is 70.5 Å². The van der Waals surface area contributed by atoms with Crippen LogP contribution in [0.5, 0.6) is 0 Å². The minimum atomic E-state index is -1.51. The molecule has 6 nitrogen and oxygen atoms in total. The minimum Gasteiger partial charge on any atom is -0.545 e. The van der Waals surface area contributed by atoms with Crippen LogP contribution in [-0.2, 0) is 9.59 Å². The van der Waals surface area contributed by atoms with Crippen LogP contribution >= 0.6 is 11.8 Å². The van der Waals surface area contributed by atoms with Crippen LogP contribution in [0.25, 0.3) is 0 Å². The Labute approximate surface area is 186 Å². The summed E-state index contributed by atoms with van der Waals surface area (Å²) in [4.78, 5) is 26.2. The second-order valence-electron chi connectivity index (χ2n) is 8.19. The van der Waals surface area contributed by atoms with Gasteiger partial charge in [-0.1, -0.05) is 36.0 Å². The van der Waals surface area contributed by atoms with Gasteiger partial charge in [0.2, 0.25) is 0 Å². The smallest absolute Gasteiger partial charge is 0.328 e. The molecule has 4 aliphatic rings. The van der Waals surface area contributed by atoms with E-state index in [9.17, 15) is 14.7 Å². The normalized spacial score (nSPS) is 23.5. The Morgan fingerprint density at radius 2 is 1.61 bits per heavy atom. The van der Waals surface area contributed by atoms with E-state index < -0.39 is 11.9 Å². The maximum atomic E-state index is 9.53. The lowest BCUT2D eigenvalue weighted by Gasteiger charge is -2.44. The molecule has 4 aliphatic heterocycles. The Kier molecular flexibility index (Phi) is 6.63. The number of rotatable bonds is 4. The molecule has 0 radical (unpaired) electrons. The summed E-state index contributed by atoms with van der Waals surface area (Å²) in [5.41, 5.74) is 2.81. The van der Waals surface area contributed by atoms with Gasteiger partial charge in [0.15, 0.2) is 0 Å². The van der Waals surface area contributed by atoms with E-state index in [-0.39, 0.29) is 0 Å². The van der Waals surface area contributed by atoms with Crippen molar-refractivity contribution in [1.82, 2.24) is 0 Å². The topological polar surface area (TPSA) is 85.1 Å². The van der Waals surface area contributed by atoms with E-state index in [1.807, 2.05) is 16.7 Å². The highest BCUT2D eigenvalue weighted by Gasteiger charge is 2.39. The van der Waals surface area contributed by atoms with E-state index in [1.54, 1.807) is 0 Å². The number of carbonyl (C=O) groups is 2. The Morgan fingerprint density at radius 1 is 1.03 bits per heavy atom. The van der Waals surface area contributed by atoms with Crippen LogP contribution in [0.3, 0.4) is 0 Å². The number of hydrogen-bond acceptors (Lipinski definition) is 5. The number of carbonyl (C=O) groups excluding carboxylic acids is 1. The average molecular weight is 439 g/mol. The zero-order valence-electron chi connectivity index (χ0n) is 17.2. The molecular weight excluding hydrogens is 412 g/mol. The summed E-state index contributed by atoms with van der Waals surface area (Å²) in [5, 5.41) is 17.2. The first kappa shape index (κ1) is 21.5. The molecule has 0 aliphatic carbocycles. The van der Waals surface area contributed by atoms with Gasteiger partial charge in [-0.2, -0.15) is 0 Å². The van der Waals surface area contributed by atoms with Gasteiger partial charge in [0.25, 0.3) is 0 Å². The standard InChI is InChI=1S/C20H22N2S.C4H4O4/c1-3-7-19-17(5-1)22(18-6-2-4-8-20(18)23-19)14-16-13-21-11-9-15(16)10-12-21;5-3(6)1-2-4(7)8/h1-8,15-16H,9-14H2;1-2H,(H,5,6)(H,7,8)/b;2-1+/t16-;/m0./s1. The van der Waals surface area contributed by atoms with Gasteiger partial charge in [-0.15, -0.1) is 0 Å². The maximum Gasteiger partial charge on any atom is 0.328 e. The van der Waals surface area contributed by atoms with E-state index in [0.29, 0.717) is 12.2 Å². The summed E-state index contributed by atoms with van der Waals surface area (Å²) in [7, 11) is 0. The number of fused-ring (bicyclic) bond motifs is 5. The lowest BCUT2D eigenvalue weighted by Crippen LogP contribution is -3.16. The molecule has 3 saturated heterocycles. The molecule has 0 spiro atoms. The number of carboxylic acids is 2. The van der Waals surface area contributed by atoms with Gasteiger partial charge in [-0.25, -0.2) is 4.79 Å². The number of aliphatic carboxylic acids is 2. The van der Waals surface area contributed by atoms with Gasteiger partial charge in [-0.3, -0.25) is 0 Å². The summed E-state index contributed by atoms with van der Waals surface area (Å²) in [6.07, 6.45) is 3.81. The largest absolute Gasteiger partial charge is 0.545 e. The van der Waals surface area contributed by atoms with Crippen LogP contribution in [0.4, 0.5) is 11.4 Å². The first-order valence-electron chi connectivity index (χ1n) is 10.6. The second-order valence-corrected chi connectivity index (χ2v) is 9.27. The minimum absolute atomic E-state index is 0.447. The van der Waals surface area contributed by atoms with Crippen molar-refractivity contribution >= 4 is 35.1 Å². The molecule has 4 heterocycles. The van der Waals surface area contributed by atoms with Gasteiger partial charge in [0, 0.05) is 41.2 Å². The van der Waals surface area contributed by atoms with Gasteiger partial charge < -0.3 is 24.8 Å². The van der Waals surface area contributed by atoms with Crippen molar-refractivity contribution < 1.29 is 24.7 Å². The van der Waals surface area contributed by atoms with Crippen molar-refractivity contribution in [3.8, 4) is 0 Å². The van der Waals surface area contributed by atoms with Gasteiger partial charge in [-0.05, 0) is 36.3 Å². The number of nitrogens with zero attached hydrogens (tertiary/aromatic N) is 1. The lowest BCUT2D eigenvalue weighted by atomic mass is 9.78. The van der Waals surface area contributed by atoms with Gasteiger partial charge in [0.05, 0.1) is 37.0 Å². The highest BCUT2D eigenvalue weighted by atomic mass is 32.2. The molecule has 3 fully saturated rings. The summed E-state index contributed by atoms with van der Waals surface area (Å²) < 4.78 is 0. The third-order valence-corrected chi connectivity index (χ3v) is 7.40. The molecule has 2 aromatic rings. The highest BCUT2D eigenvalue weighted by molar-refractivity contribution is 7.99. The fourth-order valence-corrected chi connectivity index (χ4v) is 5.92. The third kappa shape index (κ3) is 5.11. The summed E-state index contributed by atoms with van der Waals surface area (Å²) >= 11 is 1.92. The summed E-state index contributed by atoms with van der Waals surface area (Å²) in [6.45, 7) is 5.37. The van der Waals surface area contributed by atoms with Crippen LogP contribution in [0, 0.1) is 11.8 Å². The molecule has 0 amide bonds. The Bertz CT molecular complexity index is 924. The number of nitrogens with one attached hydrogen (secondary N) is 1. The maximum absolute atomic E-state index is 9.53. The SMILES string of the molecule is O=C([O-])/C=C/C(=O)O.c1ccc2c(c1)Sc1ccccc1N2C[C@@H]1C[NH+]2CCC1CC2. The Morgan fingerprint density at radius 3 is 2.06 bits per heavy atom. The van der Waals surface area contributed by atoms with E-state index in [2.05, 4.69) is 53.4 Å². The van der Waals surface area contributed by atoms with Gasteiger partial charge in [0.1, 0.15) is 0 Å². The Balaban J connectivity index is 0.000000250. The number of anilines is 2. The van der Waals surface area contributed by atoms with E-state index >= 15 is 0 Å². The van der Waals surface area contributed by atoms with Crippen LogP contribution in [0.2, 0.25) is 0 Å². The van der Waals surface area contributed by atoms with Gasteiger partial charge >= 0.3 is 5.97 Å². The zero-order valence-corrected chi connectivity index (χ0v) is 18.0. The fourth-order valence-electron chi connectivity index (χ4n) is 4.83. The van der Waals surface area contributed by atoms with E-state index in [4.69, 9.17) is 5.11 Å². The fraction of sp³-hybridized carbons (Fsp3) is 0.333. The quantitative estimate of drug-likeness (QED) is 0.706. The monoisotopic (exact) mass is 438 g/mol. The van der Waals surface area contributed by atoms with E-state index in [0.717, 1.165) is 11.8 Å². The highest BCUT2D eigenvalue weighted by Crippen LogP contribution is 2.48. The van der Waals surface area contributed by atoms with Crippen molar-refractivity contribution in [3.63, 3.8) is 0 Å². The molecule has 0 unspecified atom stereocenters. The first-order chi connectivity index (χ1) is 15.0. The number of carboxylic acid groups (broad SMARTS) is 2.